The van der Waals surface area contributed by atoms with Crippen molar-refractivity contribution >= 4 is 23.7 Å². The quantitative estimate of drug-likeness (QED) is 0.843. The first-order valence-electron chi connectivity index (χ1n) is 6.99. The molecule has 2 aromatic carbocycles. The number of hydrogen-bond donors (Lipinski definition) is 2. The van der Waals surface area contributed by atoms with Gasteiger partial charge in [-0.2, -0.15) is 0 Å². The van der Waals surface area contributed by atoms with E-state index < -0.39 is 18.1 Å². The number of alkyl carbamates (subject to hydrolysis) is 1. The molecule has 0 bridgehead atoms. The minimum atomic E-state index is -1.02. The van der Waals surface area contributed by atoms with Crippen molar-refractivity contribution in [2.45, 2.75) is 19.1 Å². The van der Waals surface area contributed by atoms with Crippen molar-refractivity contribution in [3.63, 3.8) is 0 Å². The first-order valence-corrected chi connectivity index (χ1v) is 7.37. The molecule has 0 saturated heterocycles. The molecule has 0 heterocycles. The maximum Gasteiger partial charge on any atom is 0.407 e. The zero-order chi connectivity index (χ0) is 16.7. The second-order valence-corrected chi connectivity index (χ2v) is 5.34. The molecule has 2 aromatic rings. The Hall–Kier alpha value is -2.53. The molecule has 5 nitrogen and oxygen atoms in total. The zero-order valence-electron chi connectivity index (χ0n) is 12.2. The molecule has 120 valence electrons. The third-order valence-electron chi connectivity index (χ3n) is 3.16. The molecule has 0 aromatic heterocycles. The normalized spacial score (nSPS) is 11.5. The number of ether oxygens (including phenoxy) is 1. The maximum absolute atomic E-state index is 11.9. The van der Waals surface area contributed by atoms with E-state index in [2.05, 4.69) is 5.32 Å². The topological polar surface area (TPSA) is 75.6 Å². The largest absolute Gasteiger partial charge is 0.481 e. The Morgan fingerprint density at radius 3 is 2.35 bits per heavy atom. The van der Waals surface area contributed by atoms with Gasteiger partial charge in [0.2, 0.25) is 0 Å². The Morgan fingerprint density at radius 1 is 1.09 bits per heavy atom. The van der Waals surface area contributed by atoms with Crippen molar-refractivity contribution in [2.24, 2.45) is 0 Å². The fourth-order valence-electron chi connectivity index (χ4n) is 2.03. The SMILES string of the molecule is O=C(O)CC(NC(=O)OCc1ccccc1)c1ccc(Cl)cc1. The summed E-state index contributed by atoms with van der Waals surface area (Å²) in [5, 5.41) is 12.1. The second kappa shape index (κ2) is 8.19. The van der Waals surface area contributed by atoms with Gasteiger partial charge in [0.1, 0.15) is 6.61 Å². The molecule has 2 N–H and O–H groups in total. The van der Waals surface area contributed by atoms with E-state index >= 15 is 0 Å². The molecule has 0 aliphatic heterocycles. The highest BCUT2D eigenvalue weighted by molar-refractivity contribution is 6.30. The molecule has 0 aliphatic carbocycles. The number of nitrogens with one attached hydrogen (secondary N) is 1. The number of amides is 1. The van der Waals surface area contributed by atoms with Gasteiger partial charge in [-0.05, 0) is 23.3 Å². The maximum atomic E-state index is 11.9. The van der Waals surface area contributed by atoms with E-state index in [1.165, 1.54) is 0 Å². The van der Waals surface area contributed by atoms with E-state index in [-0.39, 0.29) is 13.0 Å². The van der Waals surface area contributed by atoms with E-state index in [1.54, 1.807) is 24.3 Å². The van der Waals surface area contributed by atoms with Crippen molar-refractivity contribution in [2.75, 3.05) is 0 Å². The van der Waals surface area contributed by atoms with Gasteiger partial charge >= 0.3 is 12.1 Å². The van der Waals surface area contributed by atoms with Crippen LogP contribution in [0.2, 0.25) is 5.02 Å². The van der Waals surface area contributed by atoms with Crippen LogP contribution in [0.15, 0.2) is 54.6 Å². The zero-order valence-corrected chi connectivity index (χ0v) is 13.0. The summed E-state index contributed by atoms with van der Waals surface area (Å²) in [7, 11) is 0. The summed E-state index contributed by atoms with van der Waals surface area (Å²) in [6.45, 7) is 0.118. The third kappa shape index (κ3) is 5.64. The minimum absolute atomic E-state index is 0.118. The number of carboxylic acids is 1. The summed E-state index contributed by atoms with van der Waals surface area (Å²) in [5.41, 5.74) is 1.50. The highest BCUT2D eigenvalue weighted by Gasteiger charge is 2.18. The Labute approximate surface area is 138 Å². The van der Waals surface area contributed by atoms with Crippen molar-refractivity contribution in [3.8, 4) is 0 Å². The van der Waals surface area contributed by atoms with Crippen LogP contribution in [0.25, 0.3) is 0 Å². The lowest BCUT2D eigenvalue weighted by Crippen LogP contribution is -2.30. The van der Waals surface area contributed by atoms with Crippen LogP contribution in [0.5, 0.6) is 0 Å². The lowest BCUT2D eigenvalue weighted by Gasteiger charge is -2.17. The number of carboxylic acid groups (broad SMARTS) is 1. The van der Waals surface area contributed by atoms with Crippen LogP contribution in [0.3, 0.4) is 0 Å². The van der Waals surface area contributed by atoms with Gasteiger partial charge in [-0.25, -0.2) is 4.79 Å². The number of halogens is 1. The van der Waals surface area contributed by atoms with Gasteiger partial charge in [0, 0.05) is 5.02 Å². The van der Waals surface area contributed by atoms with Crippen molar-refractivity contribution in [3.05, 3.63) is 70.7 Å². The minimum Gasteiger partial charge on any atom is -0.481 e. The number of carbonyl (C=O) groups is 2. The summed E-state index contributed by atoms with van der Waals surface area (Å²) in [6.07, 6.45) is -0.919. The average Bonchev–Trinajstić information content (AvgIpc) is 2.53. The Morgan fingerprint density at radius 2 is 1.74 bits per heavy atom. The number of hydrogen-bond acceptors (Lipinski definition) is 3. The van der Waals surface area contributed by atoms with Crippen molar-refractivity contribution in [1.82, 2.24) is 5.32 Å². The van der Waals surface area contributed by atoms with Gasteiger partial charge < -0.3 is 15.2 Å². The van der Waals surface area contributed by atoms with Crippen LogP contribution in [-0.2, 0) is 16.1 Å². The second-order valence-electron chi connectivity index (χ2n) is 4.91. The number of rotatable bonds is 6. The number of benzene rings is 2. The van der Waals surface area contributed by atoms with Gasteiger partial charge in [0.15, 0.2) is 0 Å². The standard InChI is InChI=1S/C17H16ClNO4/c18-14-8-6-13(7-9-14)15(10-16(20)21)19-17(22)23-11-12-4-2-1-3-5-12/h1-9,15H,10-11H2,(H,19,22)(H,20,21). The molecule has 0 aliphatic rings. The van der Waals surface area contributed by atoms with Crippen LogP contribution in [-0.4, -0.2) is 17.2 Å². The van der Waals surface area contributed by atoms with Crippen LogP contribution in [0, 0.1) is 0 Å². The van der Waals surface area contributed by atoms with Crippen LogP contribution in [0.1, 0.15) is 23.6 Å². The first-order chi connectivity index (χ1) is 11.0. The monoisotopic (exact) mass is 333 g/mol. The molecule has 6 heteroatoms. The molecule has 0 saturated carbocycles. The van der Waals surface area contributed by atoms with Crippen molar-refractivity contribution in [1.29, 1.82) is 0 Å². The van der Waals surface area contributed by atoms with E-state index in [0.717, 1.165) is 5.56 Å². The average molecular weight is 334 g/mol. The van der Waals surface area contributed by atoms with Gasteiger partial charge in [0.25, 0.3) is 0 Å². The van der Waals surface area contributed by atoms with E-state index in [9.17, 15) is 9.59 Å². The summed E-state index contributed by atoms with van der Waals surface area (Å²) < 4.78 is 5.12. The molecule has 0 radical (unpaired) electrons. The predicted octanol–water partition coefficient (Wildman–Crippen LogP) is 3.78. The van der Waals surface area contributed by atoms with Crippen molar-refractivity contribution < 1.29 is 19.4 Å². The summed E-state index contributed by atoms with van der Waals surface area (Å²) in [6, 6.07) is 15.2. The molecule has 1 amide bonds. The smallest absolute Gasteiger partial charge is 0.407 e. The van der Waals surface area contributed by atoms with E-state index in [0.29, 0.717) is 10.6 Å². The van der Waals surface area contributed by atoms with E-state index in [1.807, 2.05) is 30.3 Å². The lowest BCUT2D eigenvalue weighted by molar-refractivity contribution is -0.137. The fourth-order valence-corrected chi connectivity index (χ4v) is 2.15. The van der Waals surface area contributed by atoms with Crippen LogP contribution >= 0.6 is 11.6 Å². The third-order valence-corrected chi connectivity index (χ3v) is 3.41. The summed E-state index contributed by atoms with van der Waals surface area (Å²) >= 11 is 5.82. The predicted molar refractivity (Wildman–Crippen MR) is 86.2 cm³/mol. The molecule has 0 fully saturated rings. The molecular formula is C17H16ClNO4. The van der Waals surface area contributed by atoms with Gasteiger partial charge in [0.05, 0.1) is 12.5 Å². The van der Waals surface area contributed by atoms with Gasteiger partial charge in [-0.15, -0.1) is 0 Å². The molecule has 0 spiro atoms. The summed E-state index contributed by atoms with van der Waals surface area (Å²) in [5.74, 6) is -1.02. The molecular weight excluding hydrogens is 318 g/mol. The molecule has 1 unspecified atom stereocenters. The molecule has 2 rings (SSSR count). The summed E-state index contributed by atoms with van der Waals surface area (Å²) in [4.78, 5) is 22.9. The lowest BCUT2D eigenvalue weighted by atomic mass is 10.0. The Kier molecular flexibility index (Phi) is 6.00. The molecule has 1 atom stereocenters. The fraction of sp³-hybridized carbons (Fsp3) is 0.176. The highest BCUT2D eigenvalue weighted by atomic mass is 35.5. The Balaban J connectivity index is 1.98. The van der Waals surface area contributed by atoms with Gasteiger partial charge in [-0.1, -0.05) is 54.1 Å². The van der Waals surface area contributed by atoms with E-state index in [4.69, 9.17) is 21.4 Å². The highest BCUT2D eigenvalue weighted by Crippen LogP contribution is 2.19. The first kappa shape index (κ1) is 16.8. The molecule has 23 heavy (non-hydrogen) atoms. The van der Waals surface area contributed by atoms with Crippen LogP contribution < -0.4 is 5.32 Å². The number of carbonyl (C=O) groups excluding carboxylic acids is 1. The van der Waals surface area contributed by atoms with Crippen LogP contribution in [0.4, 0.5) is 4.79 Å². The number of aliphatic carboxylic acids is 1. The van der Waals surface area contributed by atoms with Gasteiger partial charge in [-0.3, -0.25) is 4.79 Å². The Bertz CT molecular complexity index is 658.